The Kier molecular flexibility index (Phi) is 2.44. The summed E-state index contributed by atoms with van der Waals surface area (Å²) in [5, 5.41) is 17.1. The second kappa shape index (κ2) is 3.54. The van der Waals surface area contributed by atoms with Crippen molar-refractivity contribution in [2.24, 2.45) is 0 Å². The Balaban J connectivity index is 2.98. The second-order valence-corrected chi connectivity index (χ2v) is 2.31. The number of rotatable bonds is 2. The normalized spacial score (nSPS) is 11.6. The van der Waals surface area contributed by atoms with Crippen molar-refractivity contribution in [3.63, 3.8) is 0 Å². The minimum atomic E-state index is -1.11. The summed E-state index contributed by atoms with van der Waals surface area (Å²) in [4.78, 5) is 10.5. The van der Waals surface area contributed by atoms with E-state index in [1.54, 1.807) is 36.4 Å². The zero-order valence-corrected chi connectivity index (χ0v) is 6.27. The van der Waals surface area contributed by atoms with Crippen LogP contribution in [0.4, 0.5) is 0 Å². The predicted molar refractivity (Wildman–Crippen MR) is 42.4 cm³/mol. The Morgan fingerprint density at radius 2 is 2.00 bits per heavy atom. The molecular formula is C9H7NO2. The first-order chi connectivity index (χ1) is 5.75. The number of hydrogen-bond donors (Lipinski definition) is 1. The van der Waals surface area contributed by atoms with Gasteiger partial charge in [-0.3, -0.25) is 4.79 Å². The molecule has 0 radical (unpaired) electrons. The molecule has 0 aliphatic heterocycles. The van der Waals surface area contributed by atoms with Gasteiger partial charge in [-0.2, -0.15) is 5.26 Å². The van der Waals surface area contributed by atoms with E-state index >= 15 is 0 Å². The Labute approximate surface area is 69.9 Å². The van der Waals surface area contributed by atoms with E-state index in [-0.39, 0.29) is 0 Å². The Bertz CT molecular complexity index is 313. The van der Waals surface area contributed by atoms with E-state index in [1.165, 1.54) is 0 Å². The average molecular weight is 161 g/mol. The first-order valence-corrected chi connectivity index (χ1v) is 3.43. The zero-order chi connectivity index (χ0) is 8.97. The third kappa shape index (κ3) is 1.61. The maximum absolute atomic E-state index is 10.5. The van der Waals surface area contributed by atoms with E-state index < -0.39 is 11.9 Å². The molecule has 0 amide bonds. The van der Waals surface area contributed by atoms with Crippen LogP contribution < -0.4 is 0 Å². The summed E-state index contributed by atoms with van der Waals surface area (Å²) in [6, 6.07) is 10.2. The number of nitriles is 1. The van der Waals surface area contributed by atoms with Crippen LogP contribution in [0.1, 0.15) is 11.5 Å². The van der Waals surface area contributed by atoms with E-state index in [2.05, 4.69) is 0 Å². The van der Waals surface area contributed by atoms with Crippen LogP contribution >= 0.6 is 0 Å². The van der Waals surface area contributed by atoms with Gasteiger partial charge in [0.05, 0.1) is 6.07 Å². The van der Waals surface area contributed by atoms with E-state index in [0.29, 0.717) is 5.56 Å². The van der Waals surface area contributed by atoms with Crippen molar-refractivity contribution in [2.45, 2.75) is 5.92 Å². The molecule has 0 unspecified atom stereocenters. The summed E-state index contributed by atoms with van der Waals surface area (Å²) in [5.74, 6) is -2.16. The minimum absolute atomic E-state index is 0.521. The van der Waals surface area contributed by atoms with Crippen molar-refractivity contribution in [1.82, 2.24) is 0 Å². The van der Waals surface area contributed by atoms with E-state index in [0.717, 1.165) is 0 Å². The van der Waals surface area contributed by atoms with Crippen molar-refractivity contribution < 1.29 is 9.90 Å². The molecule has 12 heavy (non-hydrogen) atoms. The molecule has 1 atom stereocenters. The van der Waals surface area contributed by atoms with Crippen LogP contribution in [0.5, 0.6) is 0 Å². The third-order valence-corrected chi connectivity index (χ3v) is 1.51. The molecule has 3 nitrogen and oxygen atoms in total. The predicted octanol–water partition coefficient (Wildman–Crippen LogP) is 1.38. The number of hydrogen-bond acceptors (Lipinski definition) is 2. The lowest BCUT2D eigenvalue weighted by Crippen LogP contribution is -2.08. The highest BCUT2D eigenvalue weighted by molar-refractivity contribution is 5.79. The maximum atomic E-state index is 10.5. The molecule has 0 bridgehead atoms. The standard InChI is InChI=1S/C9H7NO2/c10-6-8(9(11)12)7-4-2-1-3-5-7/h1-5,8H,(H,11,12)/t8-/m0/s1. The van der Waals surface area contributed by atoms with E-state index in [9.17, 15) is 4.79 Å². The lowest BCUT2D eigenvalue weighted by atomic mass is 10.0. The molecule has 0 fully saturated rings. The van der Waals surface area contributed by atoms with Gasteiger partial charge >= 0.3 is 5.97 Å². The van der Waals surface area contributed by atoms with Crippen LogP contribution in [0, 0.1) is 11.3 Å². The molecule has 1 aromatic rings. The van der Waals surface area contributed by atoms with Crippen LogP contribution in [0.15, 0.2) is 30.3 Å². The zero-order valence-electron chi connectivity index (χ0n) is 6.27. The first-order valence-electron chi connectivity index (χ1n) is 3.43. The van der Waals surface area contributed by atoms with Gasteiger partial charge in [-0.05, 0) is 5.56 Å². The van der Waals surface area contributed by atoms with Crippen LogP contribution in [0.25, 0.3) is 0 Å². The monoisotopic (exact) mass is 161 g/mol. The van der Waals surface area contributed by atoms with Gasteiger partial charge in [0.25, 0.3) is 0 Å². The highest BCUT2D eigenvalue weighted by atomic mass is 16.4. The van der Waals surface area contributed by atoms with Crippen LogP contribution in [0.2, 0.25) is 0 Å². The molecule has 0 aliphatic carbocycles. The third-order valence-electron chi connectivity index (χ3n) is 1.51. The molecule has 0 saturated carbocycles. The van der Waals surface area contributed by atoms with Gasteiger partial charge in [0.15, 0.2) is 5.92 Å². The fourth-order valence-corrected chi connectivity index (χ4v) is 0.918. The van der Waals surface area contributed by atoms with Crippen molar-refractivity contribution in [3.05, 3.63) is 35.9 Å². The lowest BCUT2D eigenvalue weighted by molar-refractivity contribution is -0.137. The largest absolute Gasteiger partial charge is 0.480 e. The molecule has 0 heterocycles. The number of carboxylic acid groups (broad SMARTS) is 1. The number of carbonyl (C=O) groups is 1. The van der Waals surface area contributed by atoms with Crippen molar-refractivity contribution in [3.8, 4) is 6.07 Å². The summed E-state index contributed by atoms with van der Waals surface area (Å²) < 4.78 is 0. The number of carboxylic acids is 1. The lowest BCUT2D eigenvalue weighted by Gasteiger charge is -2.01. The maximum Gasteiger partial charge on any atom is 0.325 e. The summed E-state index contributed by atoms with van der Waals surface area (Å²) in [6.45, 7) is 0. The summed E-state index contributed by atoms with van der Waals surface area (Å²) in [7, 11) is 0. The fourth-order valence-electron chi connectivity index (χ4n) is 0.918. The molecule has 0 aromatic heterocycles. The molecule has 3 heteroatoms. The molecule has 0 spiro atoms. The van der Waals surface area contributed by atoms with Gasteiger partial charge in [-0.25, -0.2) is 0 Å². The van der Waals surface area contributed by atoms with Crippen molar-refractivity contribution >= 4 is 5.97 Å². The number of aliphatic carboxylic acids is 1. The van der Waals surface area contributed by atoms with Gasteiger partial charge in [-0.15, -0.1) is 0 Å². The first kappa shape index (κ1) is 8.28. The smallest absolute Gasteiger partial charge is 0.325 e. The molecular weight excluding hydrogens is 154 g/mol. The van der Waals surface area contributed by atoms with Gasteiger partial charge in [0.1, 0.15) is 0 Å². The van der Waals surface area contributed by atoms with Crippen LogP contribution in [-0.4, -0.2) is 11.1 Å². The van der Waals surface area contributed by atoms with Crippen LogP contribution in [-0.2, 0) is 4.79 Å². The quantitative estimate of drug-likeness (QED) is 0.712. The van der Waals surface area contributed by atoms with E-state index in [1.807, 2.05) is 0 Å². The molecule has 60 valence electrons. The molecule has 0 saturated heterocycles. The minimum Gasteiger partial charge on any atom is -0.480 e. The summed E-state index contributed by atoms with van der Waals surface area (Å²) >= 11 is 0. The summed E-state index contributed by atoms with van der Waals surface area (Å²) in [5.41, 5.74) is 0.521. The average Bonchev–Trinajstić information content (AvgIpc) is 2.07. The topological polar surface area (TPSA) is 61.1 Å². The molecule has 1 aromatic carbocycles. The molecule has 1 N–H and O–H groups in total. The molecule has 0 aliphatic rings. The number of benzene rings is 1. The van der Waals surface area contributed by atoms with E-state index in [4.69, 9.17) is 10.4 Å². The SMILES string of the molecule is N#C[C@H](C(=O)O)c1ccccc1. The highest BCUT2D eigenvalue weighted by Gasteiger charge is 2.17. The fraction of sp³-hybridized carbons (Fsp3) is 0.111. The van der Waals surface area contributed by atoms with Gasteiger partial charge in [0, 0.05) is 0 Å². The number of nitrogens with zero attached hydrogens (tertiary/aromatic N) is 1. The van der Waals surface area contributed by atoms with Crippen molar-refractivity contribution in [1.29, 1.82) is 5.26 Å². The van der Waals surface area contributed by atoms with Gasteiger partial charge in [0.2, 0.25) is 0 Å². The Hall–Kier alpha value is -1.82. The Morgan fingerprint density at radius 3 is 2.42 bits per heavy atom. The molecule has 1 rings (SSSR count). The Morgan fingerprint density at radius 1 is 1.42 bits per heavy atom. The summed E-state index contributed by atoms with van der Waals surface area (Å²) in [6.07, 6.45) is 0. The second-order valence-electron chi connectivity index (χ2n) is 2.31. The highest BCUT2D eigenvalue weighted by Crippen LogP contribution is 2.13. The van der Waals surface area contributed by atoms with Gasteiger partial charge < -0.3 is 5.11 Å². The van der Waals surface area contributed by atoms with Crippen molar-refractivity contribution in [2.75, 3.05) is 0 Å². The van der Waals surface area contributed by atoms with Gasteiger partial charge in [-0.1, -0.05) is 30.3 Å². The van der Waals surface area contributed by atoms with Crippen LogP contribution in [0.3, 0.4) is 0 Å².